The Bertz CT molecular complexity index is 578. The maximum absolute atomic E-state index is 12.6. The van der Waals surface area contributed by atoms with Crippen molar-refractivity contribution in [2.45, 2.75) is 70.9 Å². The van der Waals surface area contributed by atoms with Crippen molar-refractivity contribution in [3.05, 3.63) is 44.8 Å². The highest BCUT2D eigenvalue weighted by molar-refractivity contribution is 7.10. The molecule has 0 saturated carbocycles. The first-order chi connectivity index (χ1) is 13.8. The molecule has 1 amide bonds. The molecule has 2 N–H and O–H groups in total. The molecule has 28 heavy (non-hydrogen) atoms. The van der Waals surface area contributed by atoms with Gasteiger partial charge < -0.3 is 10.5 Å². The van der Waals surface area contributed by atoms with Crippen LogP contribution in [0.25, 0.3) is 0 Å². The Kier molecular flexibility index (Phi) is 12.0. The van der Waals surface area contributed by atoms with Crippen LogP contribution in [0.2, 0.25) is 0 Å². The number of nitrogens with zero attached hydrogens (tertiary/aromatic N) is 1. The molecule has 0 aliphatic rings. The lowest BCUT2D eigenvalue weighted by atomic mass is 10.1. The van der Waals surface area contributed by atoms with E-state index in [0.29, 0.717) is 19.7 Å². The zero-order valence-electron chi connectivity index (χ0n) is 16.8. The third-order valence-corrected chi connectivity index (χ3v) is 6.41. The van der Waals surface area contributed by atoms with Crippen LogP contribution in [-0.4, -0.2) is 24.1 Å². The Morgan fingerprint density at radius 1 is 0.821 bits per heavy atom. The summed E-state index contributed by atoms with van der Waals surface area (Å²) in [6.07, 6.45) is 10.7. The monoisotopic (exact) mass is 422 g/mol. The molecular formula is C22H34N2O2S2. The summed E-state index contributed by atoms with van der Waals surface area (Å²) in [5.74, 6) is 0. The normalized spacial score (nSPS) is 10.9. The molecule has 2 aromatic rings. The van der Waals surface area contributed by atoms with Crippen LogP contribution in [0.3, 0.4) is 0 Å². The number of rotatable bonds is 15. The standard InChI is InChI=1S/C22H34N2O2S2/c23-14-8-6-4-2-1-3-5-7-9-15-26-22(25)24(18-20-12-10-16-27-20)19-21-13-11-17-28-21/h10-13,16-17H,1-9,14-15,18-19,23H2. The molecule has 6 heteroatoms. The minimum Gasteiger partial charge on any atom is -0.449 e. The van der Waals surface area contributed by atoms with Gasteiger partial charge in [-0.1, -0.05) is 57.1 Å². The van der Waals surface area contributed by atoms with E-state index in [1.165, 1.54) is 48.3 Å². The van der Waals surface area contributed by atoms with Gasteiger partial charge in [0, 0.05) is 9.75 Å². The largest absolute Gasteiger partial charge is 0.449 e. The number of hydrogen-bond donors (Lipinski definition) is 1. The van der Waals surface area contributed by atoms with Crippen molar-refractivity contribution in [2.75, 3.05) is 13.2 Å². The van der Waals surface area contributed by atoms with Crippen LogP contribution in [-0.2, 0) is 17.8 Å². The van der Waals surface area contributed by atoms with Gasteiger partial charge in [0.1, 0.15) is 0 Å². The molecule has 0 fully saturated rings. The smallest absolute Gasteiger partial charge is 0.410 e. The maximum atomic E-state index is 12.6. The van der Waals surface area contributed by atoms with E-state index in [-0.39, 0.29) is 6.09 Å². The third kappa shape index (κ3) is 9.71. The fourth-order valence-corrected chi connectivity index (χ4v) is 4.54. The molecule has 2 heterocycles. The molecule has 0 bridgehead atoms. The topological polar surface area (TPSA) is 55.6 Å². The minimum atomic E-state index is -0.207. The fourth-order valence-electron chi connectivity index (χ4n) is 3.10. The van der Waals surface area contributed by atoms with E-state index in [9.17, 15) is 4.79 Å². The Morgan fingerprint density at radius 2 is 1.32 bits per heavy atom. The Labute approximate surface area is 177 Å². The van der Waals surface area contributed by atoms with Crippen molar-refractivity contribution < 1.29 is 9.53 Å². The molecule has 0 saturated heterocycles. The van der Waals surface area contributed by atoms with Crippen molar-refractivity contribution in [1.82, 2.24) is 4.90 Å². The zero-order valence-corrected chi connectivity index (χ0v) is 18.4. The summed E-state index contributed by atoms with van der Waals surface area (Å²) in [4.78, 5) is 16.7. The van der Waals surface area contributed by atoms with E-state index in [1.54, 1.807) is 27.6 Å². The summed E-state index contributed by atoms with van der Waals surface area (Å²) in [7, 11) is 0. The first-order valence-corrected chi connectivity index (χ1v) is 12.2. The van der Waals surface area contributed by atoms with Gasteiger partial charge in [0.25, 0.3) is 0 Å². The minimum absolute atomic E-state index is 0.207. The Hall–Kier alpha value is -1.37. The number of hydrogen-bond acceptors (Lipinski definition) is 5. The summed E-state index contributed by atoms with van der Waals surface area (Å²) >= 11 is 3.35. The lowest BCUT2D eigenvalue weighted by Gasteiger charge is -2.21. The summed E-state index contributed by atoms with van der Waals surface area (Å²) in [5.41, 5.74) is 5.51. The molecule has 0 spiro atoms. The molecule has 0 radical (unpaired) electrons. The van der Waals surface area contributed by atoms with Gasteiger partial charge in [-0.05, 0) is 42.3 Å². The number of carbonyl (C=O) groups excluding carboxylic acids is 1. The maximum Gasteiger partial charge on any atom is 0.410 e. The van der Waals surface area contributed by atoms with Gasteiger partial charge in [-0.3, -0.25) is 4.90 Å². The Morgan fingerprint density at radius 3 is 1.79 bits per heavy atom. The highest BCUT2D eigenvalue weighted by atomic mass is 32.1. The second-order valence-corrected chi connectivity index (χ2v) is 9.16. The first kappa shape index (κ1) is 22.9. The summed E-state index contributed by atoms with van der Waals surface area (Å²) in [6.45, 7) is 2.55. The van der Waals surface area contributed by atoms with Gasteiger partial charge in [-0.15, -0.1) is 22.7 Å². The van der Waals surface area contributed by atoms with Crippen LogP contribution in [0.4, 0.5) is 4.79 Å². The number of nitrogens with two attached hydrogens (primary N) is 1. The van der Waals surface area contributed by atoms with Crippen LogP contribution in [0.5, 0.6) is 0 Å². The predicted molar refractivity (Wildman–Crippen MR) is 120 cm³/mol. The van der Waals surface area contributed by atoms with E-state index >= 15 is 0 Å². The lowest BCUT2D eigenvalue weighted by molar-refractivity contribution is 0.0960. The van der Waals surface area contributed by atoms with E-state index in [1.807, 2.05) is 22.9 Å². The molecule has 0 aromatic carbocycles. The van der Waals surface area contributed by atoms with Gasteiger partial charge in [-0.2, -0.15) is 0 Å². The number of carbonyl (C=O) groups is 1. The van der Waals surface area contributed by atoms with Crippen LogP contribution in [0.1, 0.15) is 67.5 Å². The van der Waals surface area contributed by atoms with E-state index in [0.717, 1.165) is 25.8 Å². The van der Waals surface area contributed by atoms with Gasteiger partial charge in [0.2, 0.25) is 0 Å². The van der Waals surface area contributed by atoms with Crippen molar-refractivity contribution in [2.24, 2.45) is 5.73 Å². The van der Waals surface area contributed by atoms with Gasteiger partial charge >= 0.3 is 6.09 Å². The highest BCUT2D eigenvalue weighted by Gasteiger charge is 2.17. The van der Waals surface area contributed by atoms with E-state index < -0.39 is 0 Å². The van der Waals surface area contributed by atoms with Gasteiger partial charge in [-0.25, -0.2) is 4.79 Å². The Balaban J connectivity index is 1.59. The molecule has 2 rings (SSSR count). The van der Waals surface area contributed by atoms with Crippen molar-refractivity contribution >= 4 is 28.8 Å². The molecule has 0 unspecified atom stereocenters. The lowest BCUT2D eigenvalue weighted by Crippen LogP contribution is -2.30. The fraction of sp³-hybridized carbons (Fsp3) is 0.591. The first-order valence-electron chi connectivity index (χ1n) is 10.5. The van der Waals surface area contributed by atoms with Crippen molar-refractivity contribution in [1.29, 1.82) is 0 Å². The average molecular weight is 423 g/mol. The second kappa shape index (κ2) is 14.6. The highest BCUT2D eigenvalue weighted by Crippen LogP contribution is 2.18. The average Bonchev–Trinajstić information content (AvgIpc) is 3.39. The van der Waals surface area contributed by atoms with E-state index in [2.05, 4.69) is 12.1 Å². The van der Waals surface area contributed by atoms with E-state index in [4.69, 9.17) is 10.5 Å². The van der Waals surface area contributed by atoms with Crippen LogP contribution >= 0.6 is 22.7 Å². The zero-order chi connectivity index (χ0) is 19.9. The van der Waals surface area contributed by atoms with Gasteiger partial charge in [0.05, 0.1) is 19.7 Å². The van der Waals surface area contributed by atoms with Crippen LogP contribution in [0, 0.1) is 0 Å². The number of thiophene rings is 2. The summed E-state index contributed by atoms with van der Waals surface area (Å²) in [5, 5.41) is 4.09. The quantitative estimate of drug-likeness (QED) is 0.337. The molecule has 156 valence electrons. The SMILES string of the molecule is NCCCCCCCCCCCOC(=O)N(Cc1cccs1)Cc1cccs1. The third-order valence-electron chi connectivity index (χ3n) is 4.69. The number of ether oxygens (including phenoxy) is 1. The molecule has 0 aliphatic carbocycles. The molecule has 0 aliphatic heterocycles. The number of amides is 1. The van der Waals surface area contributed by atoms with Crippen LogP contribution < -0.4 is 5.73 Å². The molecule has 2 aromatic heterocycles. The molecular weight excluding hydrogens is 388 g/mol. The summed E-state index contributed by atoms with van der Waals surface area (Å²) < 4.78 is 5.56. The number of unbranched alkanes of at least 4 members (excludes halogenated alkanes) is 8. The van der Waals surface area contributed by atoms with Crippen molar-refractivity contribution in [3.63, 3.8) is 0 Å². The van der Waals surface area contributed by atoms with Crippen molar-refractivity contribution in [3.8, 4) is 0 Å². The predicted octanol–water partition coefficient (Wildman–Crippen LogP) is 6.42. The molecule has 0 atom stereocenters. The summed E-state index contributed by atoms with van der Waals surface area (Å²) in [6, 6.07) is 8.17. The molecule has 4 nitrogen and oxygen atoms in total. The van der Waals surface area contributed by atoms with Crippen LogP contribution in [0.15, 0.2) is 35.0 Å². The second-order valence-electron chi connectivity index (χ2n) is 7.10. The van der Waals surface area contributed by atoms with Gasteiger partial charge in [0.15, 0.2) is 0 Å².